The van der Waals surface area contributed by atoms with Gasteiger partial charge in [0.2, 0.25) is 5.95 Å². The molecule has 2 N–H and O–H groups in total. The third-order valence-corrected chi connectivity index (χ3v) is 4.74. The highest BCUT2D eigenvalue weighted by Gasteiger charge is 2.16. The Bertz CT molecular complexity index is 1220. The number of benzene rings is 1. The van der Waals surface area contributed by atoms with Gasteiger partial charge in [0.15, 0.2) is 11.6 Å². The Labute approximate surface area is 179 Å². The Balaban J connectivity index is 1.65. The maximum absolute atomic E-state index is 14.1. The van der Waals surface area contributed by atoms with Gasteiger partial charge in [-0.1, -0.05) is 31.2 Å². The van der Waals surface area contributed by atoms with Crippen LogP contribution < -0.4 is 10.5 Å². The second-order valence-electron chi connectivity index (χ2n) is 7.33. The lowest BCUT2D eigenvalue weighted by Crippen LogP contribution is -2.04. The summed E-state index contributed by atoms with van der Waals surface area (Å²) in [5.74, 6) is -0.0136. The van der Waals surface area contributed by atoms with Crippen LogP contribution >= 0.6 is 0 Å². The van der Waals surface area contributed by atoms with E-state index in [9.17, 15) is 4.39 Å². The van der Waals surface area contributed by atoms with Crippen LogP contribution in [0.1, 0.15) is 31.2 Å². The Kier molecular flexibility index (Phi) is 5.57. The van der Waals surface area contributed by atoms with Crippen molar-refractivity contribution in [3.05, 3.63) is 65.9 Å². The molecule has 1 aromatic carbocycles. The van der Waals surface area contributed by atoms with Crippen molar-refractivity contribution >= 4 is 5.95 Å². The molecule has 0 amide bonds. The van der Waals surface area contributed by atoms with Gasteiger partial charge in [-0.15, -0.1) is 5.10 Å². The van der Waals surface area contributed by atoms with Crippen molar-refractivity contribution in [2.45, 2.75) is 26.3 Å². The van der Waals surface area contributed by atoms with E-state index in [1.807, 2.05) is 18.2 Å². The van der Waals surface area contributed by atoms with Crippen molar-refractivity contribution in [3.8, 4) is 28.4 Å². The Morgan fingerprint density at radius 2 is 1.81 bits per heavy atom. The van der Waals surface area contributed by atoms with Gasteiger partial charge in [-0.25, -0.2) is 19.0 Å². The van der Waals surface area contributed by atoms with Gasteiger partial charge >= 0.3 is 0 Å². The molecule has 0 atom stereocenters. The lowest BCUT2D eigenvalue weighted by Gasteiger charge is -2.10. The molecule has 0 aliphatic carbocycles. The number of nitrogen functional groups attached to an aromatic ring is 1. The first-order valence-electron chi connectivity index (χ1n) is 9.78. The van der Waals surface area contributed by atoms with E-state index in [4.69, 9.17) is 10.5 Å². The fourth-order valence-corrected chi connectivity index (χ4v) is 3.22. The molecule has 8 nitrogen and oxygen atoms in total. The molecule has 9 heteroatoms. The number of hydrogen-bond acceptors (Lipinski definition) is 7. The second-order valence-corrected chi connectivity index (χ2v) is 7.33. The number of rotatable bonds is 6. The van der Waals surface area contributed by atoms with Gasteiger partial charge in [-0.2, -0.15) is 0 Å². The van der Waals surface area contributed by atoms with E-state index in [0.29, 0.717) is 35.1 Å². The zero-order valence-electron chi connectivity index (χ0n) is 17.5. The molecule has 4 rings (SSSR count). The van der Waals surface area contributed by atoms with Crippen LogP contribution in [0.2, 0.25) is 0 Å². The summed E-state index contributed by atoms with van der Waals surface area (Å²) < 4.78 is 21.0. The lowest BCUT2D eigenvalue weighted by atomic mass is 10.1. The highest BCUT2D eigenvalue weighted by molar-refractivity contribution is 5.72. The van der Waals surface area contributed by atoms with E-state index in [-0.39, 0.29) is 11.7 Å². The number of hydrogen-bond donors (Lipinski definition) is 1. The number of ether oxygens (including phenoxy) is 1. The maximum Gasteiger partial charge on any atom is 0.221 e. The summed E-state index contributed by atoms with van der Waals surface area (Å²) >= 11 is 0. The minimum Gasteiger partial charge on any atom is -0.493 e. The van der Waals surface area contributed by atoms with Gasteiger partial charge in [0.25, 0.3) is 0 Å². The molecule has 3 aromatic heterocycles. The van der Waals surface area contributed by atoms with E-state index in [0.717, 1.165) is 11.4 Å². The molecule has 0 bridgehead atoms. The number of nitrogens with zero attached hydrogens (tertiary/aromatic N) is 6. The molecule has 31 heavy (non-hydrogen) atoms. The third kappa shape index (κ3) is 4.35. The molecular weight excluding hydrogens is 397 g/mol. The van der Waals surface area contributed by atoms with Crippen molar-refractivity contribution in [3.63, 3.8) is 0 Å². The summed E-state index contributed by atoms with van der Waals surface area (Å²) in [7, 11) is 1.40. The Hall–Kier alpha value is -3.88. The Morgan fingerprint density at radius 3 is 2.58 bits per heavy atom. The third-order valence-electron chi connectivity index (χ3n) is 4.74. The largest absolute Gasteiger partial charge is 0.493 e. The van der Waals surface area contributed by atoms with Gasteiger partial charge in [-0.3, -0.25) is 4.98 Å². The standard InChI is InChI=1S/C22H22FN7O/c1-13(2)17-9-4-6-14(25-17)11-30-12-20(28-29-30)19-10-18(26-22(24)27-19)15-7-5-8-16(23)21(15)31-3/h4-10,12-13H,11H2,1-3H3,(H2,24,26,27). The van der Waals surface area contributed by atoms with Crippen LogP contribution in [-0.4, -0.2) is 37.1 Å². The molecule has 0 saturated heterocycles. The zero-order valence-corrected chi connectivity index (χ0v) is 17.5. The zero-order chi connectivity index (χ0) is 22.0. The number of para-hydroxylation sites is 1. The van der Waals surface area contributed by atoms with Crippen LogP contribution in [0.5, 0.6) is 5.75 Å². The normalized spacial score (nSPS) is 11.1. The van der Waals surface area contributed by atoms with E-state index in [1.165, 1.54) is 13.2 Å². The Morgan fingerprint density at radius 1 is 1.03 bits per heavy atom. The van der Waals surface area contributed by atoms with Gasteiger partial charge in [-0.05, 0) is 36.2 Å². The van der Waals surface area contributed by atoms with Crippen molar-refractivity contribution in [2.75, 3.05) is 12.8 Å². The molecule has 3 heterocycles. The van der Waals surface area contributed by atoms with Crippen molar-refractivity contribution in [1.29, 1.82) is 0 Å². The van der Waals surface area contributed by atoms with Crippen molar-refractivity contribution < 1.29 is 9.13 Å². The van der Waals surface area contributed by atoms with Gasteiger partial charge < -0.3 is 10.5 Å². The maximum atomic E-state index is 14.1. The molecule has 0 aliphatic heterocycles. The summed E-state index contributed by atoms with van der Waals surface area (Å²) in [5, 5.41) is 8.39. The molecule has 0 radical (unpaired) electrons. The highest BCUT2D eigenvalue weighted by atomic mass is 19.1. The minimum atomic E-state index is -0.485. The average Bonchev–Trinajstić information content (AvgIpc) is 3.22. The fraction of sp³-hybridized carbons (Fsp3) is 0.227. The molecule has 0 spiro atoms. The summed E-state index contributed by atoms with van der Waals surface area (Å²) in [4.78, 5) is 13.2. The molecule has 158 valence electrons. The predicted molar refractivity (Wildman–Crippen MR) is 115 cm³/mol. The summed E-state index contributed by atoms with van der Waals surface area (Å²) in [6.07, 6.45) is 1.76. The highest BCUT2D eigenvalue weighted by Crippen LogP contribution is 2.32. The van der Waals surface area contributed by atoms with Crippen LogP contribution in [0.15, 0.2) is 48.7 Å². The first-order chi connectivity index (χ1) is 14.9. The van der Waals surface area contributed by atoms with Gasteiger partial charge in [0.05, 0.1) is 36.9 Å². The van der Waals surface area contributed by atoms with Gasteiger partial charge in [0, 0.05) is 11.3 Å². The minimum absolute atomic E-state index is 0.0414. The lowest BCUT2D eigenvalue weighted by molar-refractivity contribution is 0.388. The molecule has 0 aliphatic rings. The SMILES string of the molecule is COc1c(F)cccc1-c1cc(-c2cn(Cc3cccc(C(C)C)n3)nn2)nc(N)n1. The van der Waals surface area contributed by atoms with Crippen molar-refractivity contribution in [2.24, 2.45) is 0 Å². The number of methoxy groups -OCH3 is 1. The second kappa shape index (κ2) is 8.47. The van der Waals surface area contributed by atoms with Gasteiger partial charge in [0.1, 0.15) is 5.69 Å². The van der Waals surface area contributed by atoms with Crippen LogP contribution in [0.4, 0.5) is 10.3 Å². The topological polar surface area (TPSA) is 105 Å². The predicted octanol–water partition coefficient (Wildman–Crippen LogP) is 3.70. The number of halogens is 1. The van der Waals surface area contributed by atoms with Crippen LogP contribution in [0, 0.1) is 5.82 Å². The fourth-order valence-electron chi connectivity index (χ4n) is 3.22. The summed E-state index contributed by atoms with van der Waals surface area (Å²) in [5.41, 5.74) is 9.72. The molecule has 0 saturated carbocycles. The van der Waals surface area contributed by atoms with E-state index in [1.54, 1.807) is 29.1 Å². The summed E-state index contributed by atoms with van der Waals surface area (Å²) in [6.45, 7) is 4.67. The van der Waals surface area contributed by atoms with Crippen LogP contribution in [0.3, 0.4) is 0 Å². The van der Waals surface area contributed by atoms with Crippen molar-refractivity contribution in [1.82, 2.24) is 29.9 Å². The number of nitrogens with two attached hydrogens (primary N) is 1. The first kappa shape index (κ1) is 20.4. The van der Waals surface area contributed by atoms with E-state index < -0.39 is 5.82 Å². The quantitative estimate of drug-likeness (QED) is 0.508. The smallest absolute Gasteiger partial charge is 0.221 e. The van der Waals surface area contributed by atoms with E-state index >= 15 is 0 Å². The first-order valence-corrected chi connectivity index (χ1v) is 9.78. The monoisotopic (exact) mass is 419 g/mol. The number of aromatic nitrogens is 6. The number of anilines is 1. The average molecular weight is 419 g/mol. The molecular formula is C22H22FN7O. The summed E-state index contributed by atoms with van der Waals surface area (Å²) in [6, 6.07) is 12.2. The van der Waals surface area contributed by atoms with E-state index in [2.05, 4.69) is 39.1 Å². The number of pyridine rings is 1. The van der Waals surface area contributed by atoms with Crippen LogP contribution in [-0.2, 0) is 6.54 Å². The molecule has 0 unspecified atom stereocenters. The molecule has 0 fully saturated rings. The molecule has 4 aromatic rings. The van der Waals surface area contributed by atoms with Crippen LogP contribution in [0.25, 0.3) is 22.6 Å².